The van der Waals surface area contributed by atoms with Gasteiger partial charge >= 0.3 is 0 Å². The summed E-state index contributed by atoms with van der Waals surface area (Å²) in [4.78, 5) is 14.8. The molecule has 0 saturated carbocycles. The first kappa shape index (κ1) is 14.9. The molecule has 0 aliphatic rings. The fourth-order valence-electron chi connectivity index (χ4n) is 2.10. The summed E-state index contributed by atoms with van der Waals surface area (Å²) in [6.45, 7) is 0. The van der Waals surface area contributed by atoms with Crippen LogP contribution >= 0.6 is 11.6 Å². The van der Waals surface area contributed by atoms with E-state index in [0.29, 0.717) is 16.4 Å². The van der Waals surface area contributed by atoms with Crippen molar-refractivity contribution in [3.05, 3.63) is 75.4 Å². The van der Waals surface area contributed by atoms with Crippen LogP contribution in [-0.2, 0) is 0 Å². The Bertz CT molecular complexity index is 911. The number of aromatic nitrogens is 1. The molecule has 0 aliphatic heterocycles. The maximum atomic E-state index is 10.9. The molecule has 0 atom stereocenters. The van der Waals surface area contributed by atoms with Gasteiger partial charge in [-0.1, -0.05) is 41.9 Å². The molecule has 0 saturated heterocycles. The van der Waals surface area contributed by atoms with E-state index in [1.165, 1.54) is 12.3 Å². The number of rotatable bonds is 4. The third-order valence-electron chi connectivity index (χ3n) is 3.19. The molecule has 0 bridgehead atoms. The second-order valence-corrected chi connectivity index (χ2v) is 5.06. The van der Waals surface area contributed by atoms with Crippen LogP contribution in [0, 0.1) is 10.1 Å². The Hall–Kier alpha value is -2.99. The van der Waals surface area contributed by atoms with Gasteiger partial charge in [0.25, 0.3) is 5.69 Å². The lowest BCUT2D eigenvalue weighted by molar-refractivity contribution is -0.384. The van der Waals surface area contributed by atoms with E-state index in [9.17, 15) is 10.1 Å². The molecular weight excluding hydrogens is 316 g/mol. The molecule has 0 spiro atoms. The molecule has 6 nitrogen and oxygen atoms in total. The van der Waals surface area contributed by atoms with Gasteiger partial charge in [-0.05, 0) is 18.2 Å². The number of benzene rings is 2. The molecule has 3 rings (SSSR count). The van der Waals surface area contributed by atoms with Gasteiger partial charge < -0.3 is 0 Å². The summed E-state index contributed by atoms with van der Waals surface area (Å²) in [5, 5.41) is 16.2. The van der Waals surface area contributed by atoms with Crippen LogP contribution in [0.4, 0.5) is 11.4 Å². The van der Waals surface area contributed by atoms with Gasteiger partial charge in [0.1, 0.15) is 10.8 Å². The lowest BCUT2D eigenvalue weighted by Crippen LogP contribution is -1.97. The number of halogens is 1. The zero-order valence-electron chi connectivity index (χ0n) is 11.8. The van der Waals surface area contributed by atoms with Gasteiger partial charge in [-0.2, -0.15) is 5.10 Å². The minimum Gasteiger partial charge on any atom is -0.272 e. The van der Waals surface area contributed by atoms with Crippen molar-refractivity contribution in [1.29, 1.82) is 0 Å². The van der Waals surface area contributed by atoms with Crippen molar-refractivity contribution >= 4 is 40.1 Å². The van der Waals surface area contributed by atoms with Crippen molar-refractivity contribution in [2.75, 3.05) is 5.43 Å². The van der Waals surface area contributed by atoms with E-state index < -0.39 is 4.92 Å². The molecule has 2 aromatic carbocycles. The highest BCUT2D eigenvalue weighted by Gasteiger charge is 2.11. The highest BCUT2D eigenvalue weighted by molar-refractivity contribution is 6.32. The molecule has 3 aromatic rings. The highest BCUT2D eigenvalue weighted by atomic mass is 35.5. The smallest absolute Gasteiger partial charge is 0.272 e. The quantitative estimate of drug-likeness (QED) is 0.336. The van der Waals surface area contributed by atoms with E-state index in [1.807, 2.05) is 30.3 Å². The molecule has 114 valence electrons. The first-order valence-corrected chi connectivity index (χ1v) is 7.11. The van der Waals surface area contributed by atoms with E-state index in [-0.39, 0.29) is 5.69 Å². The Morgan fingerprint density at radius 2 is 1.91 bits per heavy atom. The predicted octanol–water partition coefficient (Wildman–Crippen LogP) is 4.24. The number of anilines is 1. The molecule has 1 N–H and O–H groups in total. The zero-order valence-corrected chi connectivity index (χ0v) is 12.6. The fourth-order valence-corrected chi connectivity index (χ4v) is 2.29. The average molecular weight is 327 g/mol. The average Bonchev–Trinajstić information content (AvgIpc) is 2.55. The monoisotopic (exact) mass is 326 g/mol. The Balaban J connectivity index is 1.86. The molecule has 0 radical (unpaired) electrons. The lowest BCUT2D eigenvalue weighted by Gasteiger charge is -2.03. The number of pyridine rings is 1. The second-order valence-electron chi connectivity index (χ2n) is 4.71. The minimum absolute atomic E-state index is 0.0487. The van der Waals surface area contributed by atoms with Crippen LogP contribution in [0.1, 0.15) is 5.56 Å². The summed E-state index contributed by atoms with van der Waals surface area (Å²) in [6, 6.07) is 15.7. The van der Waals surface area contributed by atoms with Crippen molar-refractivity contribution in [1.82, 2.24) is 4.98 Å². The van der Waals surface area contributed by atoms with Crippen molar-refractivity contribution in [2.45, 2.75) is 0 Å². The van der Waals surface area contributed by atoms with Crippen LogP contribution in [0.2, 0.25) is 5.15 Å². The van der Waals surface area contributed by atoms with Crippen molar-refractivity contribution in [3.63, 3.8) is 0 Å². The zero-order chi connectivity index (χ0) is 16.2. The number of nitro benzene ring substituents is 1. The van der Waals surface area contributed by atoms with Crippen molar-refractivity contribution in [3.8, 4) is 0 Å². The maximum Gasteiger partial charge on any atom is 0.294 e. The molecule has 0 unspecified atom stereocenters. The van der Waals surface area contributed by atoms with Crippen LogP contribution < -0.4 is 5.43 Å². The van der Waals surface area contributed by atoms with Crippen LogP contribution in [-0.4, -0.2) is 16.1 Å². The van der Waals surface area contributed by atoms with E-state index in [0.717, 1.165) is 10.9 Å². The summed E-state index contributed by atoms with van der Waals surface area (Å²) >= 11 is 6.13. The number of fused-ring (bicyclic) bond motifs is 1. The van der Waals surface area contributed by atoms with Crippen LogP contribution in [0.25, 0.3) is 10.9 Å². The first-order valence-electron chi connectivity index (χ1n) is 6.73. The highest BCUT2D eigenvalue weighted by Crippen LogP contribution is 2.23. The summed E-state index contributed by atoms with van der Waals surface area (Å²) in [5.41, 5.74) is 4.33. The molecule has 23 heavy (non-hydrogen) atoms. The number of para-hydroxylation sites is 3. The van der Waals surface area contributed by atoms with Gasteiger partial charge in [0.2, 0.25) is 0 Å². The summed E-state index contributed by atoms with van der Waals surface area (Å²) in [6.07, 6.45) is 1.48. The minimum atomic E-state index is -0.470. The predicted molar refractivity (Wildman–Crippen MR) is 91.1 cm³/mol. The Morgan fingerprint density at radius 3 is 2.74 bits per heavy atom. The Morgan fingerprint density at radius 1 is 1.17 bits per heavy atom. The molecular formula is C16H11ClN4O2. The summed E-state index contributed by atoms with van der Waals surface area (Å²) in [5.74, 6) is 0. The number of hydrogen-bond donors (Lipinski definition) is 1. The van der Waals surface area contributed by atoms with Crippen molar-refractivity contribution in [2.24, 2.45) is 5.10 Å². The van der Waals surface area contributed by atoms with Gasteiger partial charge in [-0.15, -0.1) is 0 Å². The normalized spacial score (nSPS) is 11.0. The molecule has 0 fully saturated rings. The van der Waals surface area contributed by atoms with Gasteiger partial charge in [0.05, 0.1) is 16.7 Å². The SMILES string of the molecule is O=[N+]([O-])c1ccccc1N/N=C/c1cc2ccccc2nc1Cl. The van der Waals surface area contributed by atoms with Crippen LogP contribution in [0.3, 0.4) is 0 Å². The molecule has 0 aliphatic carbocycles. The van der Waals surface area contributed by atoms with Crippen LogP contribution in [0.5, 0.6) is 0 Å². The third-order valence-corrected chi connectivity index (χ3v) is 3.50. The molecule has 1 aromatic heterocycles. The maximum absolute atomic E-state index is 10.9. The number of nitrogens with one attached hydrogen (secondary N) is 1. The molecule has 7 heteroatoms. The molecule has 1 heterocycles. The van der Waals surface area contributed by atoms with Gasteiger partial charge in [0.15, 0.2) is 0 Å². The Kier molecular flexibility index (Phi) is 4.16. The number of nitro groups is 1. The van der Waals surface area contributed by atoms with E-state index in [2.05, 4.69) is 15.5 Å². The number of hydrazone groups is 1. The number of hydrogen-bond acceptors (Lipinski definition) is 5. The Labute approximate surface area is 136 Å². The second kappa shape index (κ2) is 6.41. The fraction of sp³-hybridized carbons (Fsp3) is 0. The topological polar surface area (TPSA) is 80.4 Å². The van der Waals surface area contributed by atoms with E-state index >= 15 is 0 Å². The molecule has 0 amide bonds. The van der Waals surface area contributed by atoms with Gasteiger partial charge in [-0.3, -0.25) is 15.5 Å². The first-order chi connectivity index (χ1) is 11.1. The standard InChI is InChI=1S/C16H11ClN4O2/c17-16-12(9-11-5-1-2-6-13(11)19-16)10-18-20-14-7-3-4-8-15(14)21(22)23/h1-10,20H/b18-10+. The van der Waals surface area contributed by atoms with Gasteiger partial charge in [-0.25, -0.2) is 4.98 Å². The lowest BCUT2D eigenvalue weighted by atomic mass is 10.2. The van der Waals surface area contributed by atoms with E-state index in [4.69, 9.17) is 11.6 Å². The van der Waals surface area contributed by atoms with E-state index in [1.54, 1.807) is 18.2 Å². The summed E-state index contributed by atoms with van der Waals surface area (Å²) in [7, 11) is 0. The largest absolute Gasteiger partial charge is 0.294 e. The van der Waals surface area contributed by atoms with Crippen molar-refractivity contribution < 1.29 is 4.92 Å². The summed E-state index contributed by atoms with van der Waals surface area (Å²) < 4.78 is 0. The third kappa shape index (κ3) is 3.27. The number of nitrogens with zero attached hydrogens (tertiary/aromatic N) is 3. The van der Waals surface area contributed by atoms with Gasteiger partial charge in [0, 0.05) is 17.0 Å². The van der Waals surface area contributed by atoms with Crippen LogP contribution in [0.15, 0.2) is 59.7 Å².